The number of hydrogen-bond donors (Lipinski definition) is 24. The summed E-state index contributed by atoms with van der Waals surface area (Å²) in [5.41, 5.74) is 0. The third-order valence-corrected chi connectivity index (χ3v) is 14.6. The van der Waals surface area contributed by atoms with Crippen LogP contribution in [0.2, 0.25) is 0 Å². The van der Waals surface area contributed by atoms with Gasteiger partial charge in [0.1, 0.15) is 110 Å². The van der Waals surface area contributed by atoms with Gasteiger partial charge in [0.2, 0.25) is 17.7 Å². The second kappa shape index (κ2) is 29.2. The average molecular weight is 1230 g/mol. The zero-order valence-corrected chi connectivity index (χ0v) is 44.3. The van der Waals surface area contributed by atoms with Gasteiger partial charge in [-0.2, -0.15) is 0 Å². The van der Waals surface area contributed by atoms with Crippen molar-refractivity contribution >= 4 is 35.6 Å². The maximum atomic E-state index is 13.5. The van der Waals surface area contributed by atoms with E-state index in [-0.39, 0.29) is 0 Å². The van der Waals surface area contributed by atoms with Gasteiger partial charge < -0.3 is 166 Å². The fraction of sp³-hybridized carbons (Fsp3) is 0.867. The molecular weight excluding hydrogens is 1160 g/mol. The van der Waals surface area contributed by atoms with Gasteiger partial charge in [-0.15, -0.1) is 0 Å². The van der Waals surface area contributed by atoms with E-state index in [9.17, 15) is 136 Å². The largest absolute Gasteiger partial charge is 0.477 e. The number of nitrogens with one attached hydrogen (secondary N) is 3. The third-order valence-electron chi connectivity index (χ3n) is 14.6. The highest BCUT2D eigenvalue weighted by Crippen LogP contribution is 2.42. The van der Waals surface area contributed by atoms with Crippen molar-refractivity contribution in [2.45, 2.75) is 203 Å². The minimum atomic E-state index is -3.56. The minimum Gasteiger partial charge on any atom is -0.477 e. The molecule has 5 heterocycles. The van der Waals surface area contributed by atoms with Crippen LogP contribution in [0.1, 0.15) is 33.1 Å². The Bertz CT molecular complexity index is 2240. The zero-order valence-electron chi connectivity index (χ0n) is 44.3. The lowest BCUT2D eigenvalue weighted by Crippen LogP contribution is -2.72. The maximum absolute atomic E-state index is 13.5. The highest BCUT2D eigenvalue weighted by atomic mass is 16.8. The highest BCUT2D eigenvalue weighted by molar-refractivity contribution is 5.79. The molecule has 39 nitrogen and oxygen atoms in total. The zero-order chi connectivity index (χ0) is 63.2. The van der Waals surface area contributed by atoms with Gasteiger partial charge in [0.05, 0.1) is 69.5 Å². The van der Waals surface area contributed by atoms with Gasteiger partial charge in [0.15, 0.2) is 12.6 Å². The SMILES string of the molecule is CC(=O)N[C@H]1[C@H]([C@H](O)[C@@H](CO)O[C@]2(C(=O)O)C[C@H](O)[C@@H](NC(=O)CO)[C@H]([C@H](O)[C@H](O)CO)O2)O[C@@](O[C@H](CO)[C@@H](O)[C@@H]2O[C@@](O[C@H]3[C@@H](O)[C@@H](CO)O[C@@H](O[C@H]4[C@H](O)[C@@H](O)[C@H](O)O[C@@H]4CO)[C@@H]3O)(C(=O)O)C[C@H](O)[C@H]2NC(C)=O)(C(=O)O)C[C@@H]1O. The Morgan fingerprint density at radius 3 is 1.32 bits per heavy atom. The van der Waals surface area contributed by atoms with Gasteiger partial charge in [-0.25, -0.2) is 14.4 Å². The first-order valence-electron chi connectivity index (χ1n) is 25.7. The number of carbonyl (C=O) groups excluding carboxylic acids is 3. The van der Waals surface area contributed by atoms with Gasteiger partial charge in [-0.1, -0.05) is 0 Å². The summed E-state index contributed by atoms with van der Waals surface area (Å²) in [4.78, 5) is 77.2. The maximum Gasteiger partial charge on any atom is 0.364 e. The van der Waals surface area contributed by atoms with Crippen molar-refractivity contribution in [2.24, 2.45) is 0 Å². The highest BCUT2D eigenvalue weighted by Gasteiger charge is 2.64. The van der Waals surface area contributed by atoms with E-state index >= 15 is 0 Å². The van der Waals surface area contributed by atoms with E-state index in [1.54, 1.807) is 0 Å². The first-order chi connectivity index (χ1) is 39.3. The molecule has 0 aromatic heterocycles. The van der Waals surface area contributed by atoms with E-state index in [1.807, 2.05) is 5.32 Å². The topological polar surface area (TPSA) is 646 Å². The molecular formula is C45H73N3O36. The summed E-state index contributed by atoms with van der Waals surface area (Å²) in [5.74, 6) is -20.6. The first kappa shape index (κ1) is 70.5. The number of aliphatic carboxylic acids is 3. The molecule has 5 rings (SSSR count). The molecule has 84 heavy (non-hydrogen) atoms. The van der Waals surface area contributed by atoms with Crippen LogP contribution in [0.25, 0.3) is 0 Å². The minimum absolute atomic E-state index is 0.842. The van der Waals surface area contributed by atoms with Crippen LogP contribution < -0.4 is 16.0 Å². The van der Waals surface area contributed by atoms with E-state index in [1.165, 1.54) is 0 Å². The molecule has 24 N–H and O–H groups in total. The van der Waals surface area contributed by atoms with Crippen LogP contribution in [0.3, 0.4) is 0 Å². The van der Waals surface area contributed by atoms with E-state index in [4.69, 9.17) is 42.6 Å². The van der Waals surface area contributed by atoms with Crippen molar-refractivity contribution in [1.29, 1.82) is 0 Å². The summed E-state index contributed by atoms with van der Waals surface area (Å²) >= 11 is 0. The average Bonchev–Trinajstić information content (AvgIpc) is 1.09. The predicted molar refractivity (Wildman–Crippen MR) is 254 cm³/mol. The molecule has 5 saturated heterocycles. The number of rotatable bonds is 26. The van der Waals surface area contributed by atoms with Gasteiger partial charge in [0.25, 0.3) is 17.4 Å². The number of carboxylic acid groups (broad SMARTS) is 3. The van der Waals surface area contributed by atoms with Crippen molar-refractivity contribution in [1.82, 2.24) is 16.0 Å². The quantitative estimate of drug-likeness (QED) is 0.0382. The monoisotopic (exact) mass is 1230 g/mol. The fourth-order valence-electron chi connectivity index (χ4n) is 10.3. The van der Waals surface area contributed by atoms with Crippen molar-refractivity contribution in [3.05, 3.63) is 0 Å². The predicted octanol–water partition coefficient (Wildman–Crippen LogP) is -14.9. The Hall–Kier alpha value is -4.26. The Labute approximate surface area is 472 Å². The molecule has 0 aromatic carbocycles. The number of hydrogen-bond acceptors (Lipinski definition) is 33. The van der Waals surface area contributed by atoms with Crippen LogP contribution in [0.4, 0.5) is 0 Å². The summed E-state index contributed by atoms with van der Waals surface area (Å²) < 4.78 is 49.9. The number of ether oxygens (including phenoxy) is 9. The van der Waals surface area contributed by atoms with Gasteiger partial charge >= 0.3 is 17.9 Å². The molecule has 5 aliphatic rings. The fourth-order valence-corrected chi connectivity index (χ4v) is 10.3. The van der Waals surface area contributed by atoms with Gasteiger partial charge in [-0.3, -0.25) is 14.4 Å². The molecule has 0 bridgehead atoms. The Kier molecular flexibility index (Phi) is 24.5. The molecule has 0 aliphatic carbocycles. The summed E-state index contributed by atoms with van der Waals surface area (Å²) in [6.45, 7) is -6.17. The molecule has 39 heteroatoms. The molecule has 0 radical (unpaired) electrons. The molecule has 3 amide bonds. The van der Waals surface area contributed by atoms with Crippen molar-refractivity contribution in [3.63, 3.8) is 0 Å². The first-order valence-corrected chi connectivity index (χ1v) is 25.7. The Balaban J connectivity index is 1.51. The van der Waals surface area contributed by atoms with Gasteiger partial charge in [-0.05, 0) is 0 Å². The van der Waals surface area contributed by atoms with Crippen molar-refractivity contribution in [2.75, 3.05) is 39.6 Å². The molecule has 0 unspecified atom stereocenters. The normalized spacial score (nSPS) is 41.4. The lowest BCUT2D eigenvalue weighted by molar-refractivity contribution is -0.387. The van der Waals surface area contributed by atoms with Crippen LogP contribution in [0.5, 0.6) is 0 Å². The summed E-state index contributed by atoms with van der Waals surface area (Å²) in [6, 6.07) is -6.00. The lowest BCUT2D eigenvalue weighted by Gasteiger charge is -2.51. The van der Waals surface area contributed by atoms with Crippen LogP contribution in [-0.4, -0.2) is 353 Å². The molecule has 5 aliphatic heterocycles. The lowest BCUT2D eigenvalue weighted by atomic mass is 9.86. The summed E-state index contributed by atoms with van der Waals surface area (Å²) in [6.07, 6.45) is -54.7. The number of amides is 3. The van der Waals surface area contributed by atoms with E-state index in [0.29, 0.717) is 0 Å². The van der Waals surface area contributed by atoms with E-state index in [2.05, 4.69) is 10.6 Å². The van der Waals surface area contributed by atoms with Crippen LogP contribution in [0, 0.1) is 0 Å². The van der Waals surface area contributed by atoms with Crippen LogP contribution in [0.15, 0.2) is 0 Å². The molecule has 5 fully saturated rings. The standard InChI is InChI=1S/C45H73N3O36/c1-12(55)46-23-14(57)3-44(41(72)73,82-35(23)28(64)19(8-51)79-43(40(70)71)4-16(59)25(48-22(61)11-54)34(81-43)26(62)17(60)6-49)80-20(9-52)29(65)36-24(47-13(2)56)15(58)5-45(83-36,42(74)75)84-37-27(63)18(7-50)77-39(32(37)68)78-33-21(10-53)76-38(69)31(67)30(33)66/h14-21,23-39,49-54,57-60,62-69H,3-11H2,1-2H3,(H,46,55)(H,47,56)(H,48,61)(H,70,71)(H,72,73)(H,74,75)/t14-,15-,16-,17+,18+,19+,20+,21+,23+,24+,25+,26+,27-,28+,29+,30+,31+,32+,33+,34+,35+,36+,37-,38+,39-,43+,44+,45-/m0/s1. The second-order valence-electron chi connectivity index (χ2n) is 20.5. The summed E-state index contributed by atoms with van der Waals surface area (Å²) in [7, 11) is 0. The van der Waals surface area contributed by atoms with Crippen LogP contribution in [-0.2, 0) is 71.4 Å². The number of carboxylic acids is 3. The molecule has 0 aromatic rings. The second-order valence-corrected chi connectivity index (χ2v) is 20.5. The van der Waals surface area contributed by atoms with Crippen molar-refractivity contribution in [3.8, 4) is 0 Å². The number of aliphatic hydroxyl groups excluding tert-OH is 18. The molecule has 0 saturated carbocycles. The Morgan fingerprint density at radius 2 is 0.929 bits per heavy atom. The molecule has 0 spiro atoms. The van der Waals surface area contributed by atoms with E-state index in [0.717, 1.165) is 13.8 Å². The summed E-state index contributed by atoms with van der Waals surface area (Å²) in [5, 5.41) is 232. The van der Waals surface area contributed by atoms with E-state index < -0.39 is 265 Å². The molecule has 28 atom stereocenters. The molecule has 484 valence electrons. The Morgan fingerprint density at radius 1 is 0.512 bits per heavy atom. The number of carbonyl (C=O) groups is 6. The van der Waals surface area contributed by atoms with Crippen LogP contribution >= 0.6 is 0 Å². The smallest absolute Gasteiger partial charge is 0.364 e. The number of aliphatic hydroxyl groups is 18. The van der Waals surface area contributed by atoms with Gasteiger partial charge in [0, 0.05) is 33.1 Å². The third kappa shape index (κ3) is 15.0. The van der Waals surface area contributed by atoms with Crippen molar-refractivity contribution < 1.29 is 179 Å².